The molecule has 21 heavy (non-hydrogen) atoms. The standard InChI is InChI=1S/C17H26N2OS/c1-3-21-15-10-9-14(12-15)19(2)17(20)16(18)11-13-7-5-4-6-8-13/h4-8,14-16H,3,9-12,18H2,1-2H3/t14?,15?,16-/m0/s1. The van der Waals surface area contributed by atoms with E-state index in [9.17, 15) is 4.79 Å². The summed E-state index contributed by atoms with van der Waals surface area (Å²) in [6.45, 7) is 2.20. The van der Waals surface area contributed by atoms with Gasteiger partial charge in [0.15, 0.2) is 0 Å². The molecule has 1 fully saturated rings. The van der Waals surface area contributed by atoms with Crippen molar-refractivity contribution in [3.63, 3.8) is 0 Å². The van der Waals surface area contributed by atoms with Crippen LogP contribution < -0.4 is 5.73 Å². The van der Waals surface area contributed by atoms with E-state index in [2.05, 4.69) is 6.92 Å². The van der Waals surface area contributed by atoms with E-state index < -0.39 is 6.04 Å². The summed E-state index contributed by atoms with van der Waals surface area (Å²) in [7, 11) is 1.91. The third-order valence-electron chi connectivity index (χ3n) is 4.27. The first-order chi connectivity index (χ1) is 10.1. The van der Waals surface area contributed by atoms with Crippen molar-refractivity contribution >= 4 is 17.7 Å². The maximum absolute atomic E-state index is 12.5. The van der Waals surface area contributed by atoms with Gasteiger partial charge in [-0.15, -0.1) is 0 Å². The molecule has 0 bridgehead atoms. The van der Waals surface area contributed by atoms with Crippen LogP contribution in [-0.4, -0.2) is 40.9 Å². The van der Waals surface area contributed by atoms with Gasteiger partial charge in [-0.2, -0.15) is 11.8 Å². The summed E-state index contributed by atoms with van der Waals surface area (Å²) in [5.41, 5.74) is 7.24. The number of likely N-dealkylation sites (N-methyl/N-ethyl adjacent to an activating group) is 1. The number of hydrogen-bond acceptors (Lipinski definition) is 3. The number of nitrogens with two attached hydrogens (primary N) is 1. The van der Waals surface area contributed by atoms with Crippen molar-refractivity contribution in [2.75, 3.05) is 12.8 Å². The zero-order chi connectivity index (χ0) is 15.2. The van der Waals surface area contributed by atoms with E-state index in [1.807, 2.05) is 54.0 Å². The lowest BCUT2D eigenvalue weighted by Crippen LogP contribution is -2.46. The smallest absolute Gasteiger partial charge is 0.239 e. The lowest BCUT2D eigenvalue weighted by Gasteiger charge is -2.27. The van der Waals surface area contributed by atoms with E-state index >= 15 is 0 Å². The fourth-order valence-corrected chi connectivity index (χ4v) is 4.19. The van der Waals surface area contributed by atoms with Gasteiger partial charge in [-0.25, -0.2) is 0 Å². The summed E-state index contributed by atoms with van der Waals surface area (Å²) < 4.78 is 0. The van der Waals surface area contributed by atoms with Crippen LogP contribution >= 0.6 is 11.8 Å². The Kier molecular flexibility index (Phi) is 6.12. The highest BCUT2D eigenvalue weighted by Gasteiger charge is 2.31. The van der Waals surface area contributed by atoms with Gasteiger partial charge in [-0.05, 0) is 37.0 Å². The molecule has 0 aromatic heterocycles. The number of benzene rings is 1. The van der Waals surface area contributed by atoms with Crippen LogP contribution in [-0.2, 0) is 11.2 Å². The lowest BCUT2D eigenvalue weighted by atomic mass is 10.0. The maximum Gasteiger partial charge on any atom is 0.239 e. The van der Waals surface area contributed by atoms with Gasteiger partial charge < -0.3 is 10.6 Å². The Labute approximate surface area is 132 Å². The second-order valence-corrected chi connectivity index (χ2v) is 7.37. The van der Waals surface area contributed by atoms with Crippen LogP contribution in [0.2, 0.25) is 0 Å². The molecule has 4 heteroatoms. The average Bonchev–Trinajstić information content (AvgIpc) is 2.95. The van der Waals surface area contributed by atoms with Gasteiger partial charge in [-0.1, -0.05) is 37.3 Å². The molecule has 1 aliphatic rings. The van der Waals surface area contributed by atoms with Crippen LogP contribution in [0.3, 0.4) is 0 Å². The fourth-order valence-electron chi connectivity index (χ4n) is 3.05. The van der Waals surface area contributed by atoms with Crippen LogP contribution in [0.1, 0.15) is 31.7 Å². The summed E-state index contributed by atoms with van der Waals surface area (Å²) in [6.07, 6.45) is 4.05. The van der Waals surface area contributed by atoms with E-state index in [0.717, 1.165) is 24.2 Å². The first kappa shape index (κ1) is 16.4. The predicted molar refractivity (Wildman–Crippen MR) is 90.5 cm³/mol. The van der Waals surface area contributed by atoms with E-state index in [4.69, 9.17) is 5.73 Å². The minimum absolute atomic E-state index is 0.0750. The van der Waals surface area contributed by atoms with Crippen LogP contribution in [0, 0.1) is 0 Å². The zero-order valence-corrected chi connectivity index (χ0v) is 13.8. The third-order valence-corrected chi connectivity index (χ3v) is 5.50. The molecule has 3 nitrogen and oxygen atoms in total. The lowest BCUT2D eigenvalue weighted by molar-refractivity contribution is -0.133. The Morgan fingerprint density at radius 1 is 1.38 bits per heavy atom. The van der Waals surface area contributed by atoms with Crippen molar-refractivity contribution in [3.8, 4) is 0 Å². The van der Waals surface area contributed by atoms with Gasteiger partial charge in [-0.3, -0.25) is 4.79 Å². The molecular weight excluding hydrogens is 280 g/mol. The summed E-state index contributed by atoms with van der Waals surface area (Å²) in [5, 5.41) is 0.709. The molecule has 1 saturated carbocycles. The topological polar surface area (TPSA) is 46.3 Å². The van der Waals surface area contributed by atoms with Gasteiger partial charge >= 0.3 is 0 Å². The normalized spacial score (nSPS) is 23.0. The molecule has 0 aliphatic heterocycles. The summed E-state index contributed by atoms with van der Waals surface area (Å²) in [6, 6.07) is 9.93. The van der Waals surface area contributed by atoms with Gasteiger partial charge in [0, 0.05) is 18.3 Å². The molecule has 2 N–H and O–H groups in total. The number of rotatable bonds is 6. The van der Waals surface area contributed by atoms with E-state index in [0.29, 0.717) is 17.7 Å². The third kappa shape index (κ3) is 4.48. The largest absolute Gasteiger partial charge is 0.341 e. The molecule has 2 unspecified atom stereocenters. The number of carbonyl (C=O) groups excluding carboxylic acids is 1. The molecule has 0 radical (unpaired) electrons. The first-order valence-corrected chi connectivity index (χ1v) is 8.84. The van der Waals surface area contributed by atoms with Crippen molar-refractivity contribution in [2.45, 2.75) is 49.9 Å². The van der Waals surface area contributed by atoms with Crippen LogP contribution in [0.5, 0.6) is 0 Å². The first-order valence-electron chi connectivity index (χ1n) is 7.79. The molecule has 116 valence electrons. The molecule has 0 heterocycles. The molecule has 2 rings (SSSR count). The quantitative estimate of drug-likeness (QED) is 0.879. The Bertz CT molecular complexity index is 451. The molecule has 0 saturated heterocycles. The Morgan fingerprint density at radius 3 is 2.76 bits per heavy atom. The highest BCUT2D eigenvalue weighted by atomic mass is 32.2. The van der Waals surface area contributed by atoms with Crippen LogP contribution in [0.25, 0.3) is 0 Å². The molecule has 1 aliphatic carbocycles. The minimum Gasteiger partial charge on any atom is -0.341 e. The van der Waals surface area contributed by atoms with Gasteiger partial charge in [0.1, 0.15) is 0 Å². The maximum atomic E-state index is 12.5. The fraction of sp³-hybridized carbons (Fsp3) is 0.588. The molecular formula is C17H26N2OS. The predicted octanol–water partition coefficient (Wildman–Crippen LogP) is 2.69. The molecule has 0 spiro atoms. The van der Waals surface area contributed by atoms with Crippen molar-refractivity contribution in [3.05, 3.63) is 35.9 Å². The van der Waals surface area contributed by atoms with Gasteiger partial charge in [0.05, 0.1) is 6.04 Å². The SMILES string of the molecule is CCSC1CCC(N(C)C(=O)[C@@H](N)Cc2ccccc2)C1. The highest BCUT2D eigenvalue weighted by molar-refractivity contribution is 7.99. The number of hydrogen-bond donors (Lipinski definition) is 1. The van der Waals surface area contributed by atoms with E-state index in [1.54, 1.807) is 0 Å². The zero-order valence-electron chi connectivity index (χ0n) is 13.0. The second kappa shape index (κ2) is 7.85. The highest BCUT2D eigenvalue weighted by Crippen LogP contribution is 2.32. The Morgan fingerprint density at radius 2 is 2.10 bits per heavy atom. The van der Waals surface area contributed by atoms with Gasteiger partial charge in [0.25, 0.3) is 0 Å². The second-order valence-electron chi connectivity index (χ2n) is 5.79. The van der Waals surface area contributed by atoms with E-state index in [-0.39, 0.29) is 5.91 Å². The number of carbonyl (C=O) groups is 1. The number of amides is 1. The molecule has 3 atom stereocenters. The van der Waals surface area contributed by atoms with Crippen molar-refractivity contribution in [1.82, 2.24) is 4.90 Å². The van der Waals surface area contributed by atoms with Crippen molar-refractivity contribution < 1.29 is 4.79 Å². The van der Waals surface area contributed by atoms with Crippen molar-refractivity contribution in [2.24, 2.45) is 5.73 Å². The molecule has 1 aromatic carbocycles. The summed E-state index contributed by atoms with van der Waals surface area (Å²) in [4.78, 5) is 14.4. The number of thioether (sulfide) groups is 1. The Balaban J connectivity index is 1.87. The summed E-state index contributed by atoms with van der Waals surface area (Å²) in [5.74, 6) is 1.23. The minimum atomic E-state index is -0.435. The monoisotopic (exact) mass is 306 g/mol. The molecule has 1 aromatic rings. The average molecular weight is 306 g/mol. The van der Waals surface area contributed by atoms with E-state index in [1.165, 1.54) is 6.42 Å². The Hall–Kier alpha value is -1.00. The van der Waals surface area contributed by atoms with Crippen LogP contribution in [0.15, 0.2) is 30.3 Å². The van der Waals surface area contributed by atoms with Crippen LogP contribution in [0.4, 0.5) is 0 Å². The number of nitrogens with zero attached hydrogens (tertiary/aromatic N) is 1. The van der Waals surface area contributed by atoms with Gasteiger partial charge in [0.2, 0.25) is 5.91 Å². The van der Waals surface area contributed by atoms with Crippen molar-refractivity contribution in [1.29, 1.82) is 0 Å². The summed E-state index contributed by atoms with van der Waals surface area (Å²) >= 11 is 2.01. The molecule has 1 amide bonds.